The molecular weight excluding hydrogens is 296 g/mol. The van der Waals surface area contributed by atoms with Gasteiger partial charge in [0.25, 0.3) is 0 Å². The van der Waals surface area contributed by atoms with Crippen LogP contribution in [0.4, 0.5) is 4.79 Å². The maximum absolute atomic E-state index is 12.1. The lowest BCUT2D eigenvalue weighted by Gasteiger charge is -2.17. The molecule has 1 aliphatic carbocycles. The van der Waals surface area contributed by atoms with Gasteiger partial charge in [0, 0.05) is 45.2 Å². The molecule has 1 saturated carbocycles. The van der Waals surface area contributed by atoms with Gasteiger partial charge in [-0.1, -0.05) is 5.16 Å². The van der Waals surface area contributed by atoms with E-state index in [2.05, 4.69) is 15.5 Å². The Hall–Kier alpha value is -1.63. The Bertz CT molecular complexity index is 515. The summed E-state index contributed by atoms with van der Waals surface area (Å²) >= 11 is 0. The molecule has 0 aromatic carbocycles. The van der Waals surface area contributed by atoms with Crippen LogP contribution in [0.2, 0.25) is 0 Å². The fraction of sp³-hybridized carbons (Fsp3) is 0.812. The summed E-state index contributed by atoms with van der Waals surface area (Å²) in [4.78, 5) is 18.5. The first-order valence-electron chi connectivity index (χ1n) is 8.69. The molecule has 2 heterocycles. The molecule has 7 nitrogen and oxygen atoms in total. The number of nitrogens with zero attached hydrogens (tertiary/aromatic N) is 3. The topological polar surface area (TPSA) is 80.5 Å². The highest BCUT2D eigenvalue weighted by Gasteiger charge is 2.31. The summed E-state index contributed by atoms with van der Waals surface area (Å²) in [6.07, 6.45) is 4.98. The van der Waals surface area contributed by atoms with Gasteiger partial charge in [0.1, 0.15) is 0 Å². The highest BCUT2D eigenvalue weighted by molar-refractivity contribution is 5.74. The number of hydrogen-bond donors (Lipinski definition) is 1. The average Bonchev–Trinajstić information content (AvgIpc) is 3.12. The second-order valence-corrected chi connectivity index (χ2v) is 6.41. The van der Waals surface area contributed by atoms with Gasteiger partial charge >= 0.3 is 6.03 Å². The predicted octanol–water partition coefficient (Wildman–Crippen LogP) is 1.95. The van der Waals surface area contributed by atoms with Crippen LogP contribution in [0.3, 0.4) is 0 Å². The maximum Gasteiger partial charge on any atom is 0.317 e. The molecule has 7 heteroatoms. The van der Waals surface area contributed by atoms with Gasteiger partial charge in [-0.3, -0.25) is 0 Å². The summed E-state index contributed by atoms with van der Waals surface area (Å²) in [5, 5.41) is 7.02. The van der Waals surface area contributed by atoms with Crippen molar-refractivity contribution in [3.63, 3.8) is 0 Å². The molecule has 1 atom stereocenters. The van der Waals surface area contributed by atoms with E-state index in [0.717, 1.165) is 50.7 Å². The average molecular weight is 322 g/mol. The smallest absolute Gasteiger partial charge is 0.317 e. The third-order valence-corrected chi connectivity index (χ3v) is 4.40. The van der Waals surface area contributed by atoms with Crippen LogP contribution in [0, 0.1) is 5.92 Å². The fourth-order valence-electron chi connectivity index (χ4n) is 2.91. The van der Waals surface area contributed by atoms with Gasteiger partial charge in [-0.2, -0.15) is 4.98 Å². The molecular formula is C16H26N4O3. The van der Waals surface area contributed by atoms with Crippen LogP contribution in [-0.2, 0) is 11.2 Å². The van der Waals surface area contributed by atoms with Crippen molar-refractivity contribution in [2.24, 2.45) is 5.92 Å². The van der Waals surface area contributed by atoms with E-state index in [1.54, 1.807) is 0 Å². The van der Waals surface area contributed by atoms with Gasteiger partial charge in [-0.25, -0.2) is 4.79 Å². The van der Waals surface area contributed by atoms with E-state index >= 15 is 0 Å². The summed E-state index contributed by atoms with van der Waals surface area (Å²) in [6, 6.07) is 0.0239. The number of carbonyl (C=O) groups is 1. The van der Waals surface area contributed by atoms with E-state index in [4.69, 9.17) is 9.26 Å². The van der Waals surface area contributed by atoms with Crippen LogP contribution in [0.25, 0.3) is 0 Å². The SMILES string of the molecule is CCOCCCNC(=O)N1CCC(Cc2noc(C3CC3)n2)C1. The lowest BCUT2D eigenvalue weighted by atomic mass is 10.1. The molecule has 128 valence electrons. The second-order valence-electron chi connectivity index (χ2n) is 6.41. The lowest BCUT2D eigenvalue weighted by molar-refractivity contribution is 0.144. The highest BCUT2D eigenvalue weighted by Crippen LogP contribution is 2.39. The Morgan fingerprint density at radius 1 is 1.43 bits per heavy atom. The predicted molar refractivity (Wildman–Crippen MR) is 84.2 cm³/mol. The van der Waals surface area contributed by atoms with E-state index in [9.17, 15) is 4.79 Å². The van der Waals surface area contributed by atoms with Crippen molar-refractivity contribution < 1.29 is 14.1 Å². The van der Waals surface area contributed by atoms with Crippen molar-refractivity contribution in [3.8, 4) is 0 Å². The Morgan fingerprint density at radius 3 is 3.09 bits per heavy atom. The summed E-state index contributed by atoms with van der Waals surface area (Å²) in [5.74, 6) is 2.50. The van der Waals surface area contributed by atoms with Crippen molar-refractivity contribution in [1.82, 2.24) is 20.4 Å². The first-order chi connectivity index (χ1) is 11.3. The number of carbonyl (C=O) groups excluding carboxylic acids is 1. The minimum atomic E-state index is 0.0239. The van der Waals surface area contributed by atoms with Crippen molar-refractivity contribution in [2.75, 3.05) is 32.8 Å². The molecule has 0 bridgehead atoms. The summed E-state index contributed by atoms with van der Waals surface area (Å²) in [7, 11) is 0. The number of urea groups is 1. The standard InChI is InChI=1S/C16H26N4O3/c1-2-22-9-3-7-17-16(21)20-8-6-12(11-20)10-14-18-15(23-19-14)13-4-5-13/h12-13H,2-11H2,1H3,(H,17,21). The zero-order chi connectivity index (χ0) is 16.1. The molecule has 1 saturated heterocycles. The summed E-state index contributed by atoms with van der Waals surface area (Å²) < 4.78 is 10.6. The Balaban J connectivity index is 1.36. The maximum atomic E-state index is 12.1. The Kier molecular flexibility index (Phi) is 5.48. The number of hydrogen-bond acceptors (Lipinski definition) is 5. The molecule has 2 fully saturated rings. The molecule has 1 N–H and O–H groups in total. The first-order valence-corrected chi connectivity index (χ1v) is 8.69. The molecule has 3 rings (SSSR count). The van der Waals surface area contributed by atoms with Crippen LogP contribution in [0.5, 0.6) is 0 Å². The number of amides is 2. The number of ether oxygens (including phenoxy) is 1. The first kappa shape index (κ1) is 16.2. The van der Waals surface area contributed by atoms with Crippen LogP contribution in [0.15, 0.2) is 4.52 Å². The summed E-state index contributed by atoms with van der Waals surface area (Å²) in [5.41, 5.74) is 0. The molecule has 2 amide bonds. The van der Waals surface area contributed by atoms with Crippen molar-refractivity contribution in [2.45, 2.75) is 44.9 Å². The number of likely N-dealkylation sites (tertiary alicyclic amines) is 1. The van der Waals surface area contributed by atoms with E-state index in [1.165, 1.54) is 12.8 Å². The number of nitrogens with one attached hydrogen (secondary N) is 1. The van der Waals surface area contributed by atoms with E-state index < -0.39 is 0 Å². The minimum absolute atomic E-state index is 0.0239. The lowest BCUT2D eigenvalue weighted by Crippen LogP contribution is -2.39. The van der Waals surface area contributed by atoms with Crippen LogP contribution >= 0.6 is 0 Å². The number of rotatable bonds is 8. The van der Waals surface area contributed by atoms with Crippen molar-refractivity contribution in [3.05, 3.63) is 11.7 Å². The van der Waals surface area contributed by atoms with Gasteiger partial charge in [-0.15, -0.1) is 0 Å². The third kappa shape index (κ3) is 4.67. The van der Waals surface area contributed by atoms with Crippen molar-refractivity contribution in [1.29, 1.82) is 0 Å². The molecule has 1 aromatic heterocycles. The monoisotopic (exact) mass is 322 g/mol. The van der Waals surface area contributed by atoms with Crippen molar-refractivity contribution >= 4 is 6.03 Å². The Labute approximate surface area is 136 Å². The van der Waals surface area contributed by atoms with Gasteiger partial charge in [0.05, 0.1) is 0 Å². The molecule has 0 spiro atoms. The van der Waals surface area contributed by atoms with Crippen LogP contribution in [-0.4, -0.2) is 53.9 Å². The fourth-order valence-corrected chi connectivity index (χ4v) is 2.91. The zero-order valence-corrected chi connectivity index (χ0v) is 13.8. The highest BCUT2D eigenvalue weighted by atomic mass is 16.5. The second kappa shape index (κ2) is 7.77. The minimum Gasteiger partial charge on any atom is -0.382 e. The molecule has 23 heavy (non-hydrogen) atoms. The van der Waals surface area contributed by atoms with E-state index in [1.807, 2.05) is 11.8 Å². The van der Waals surface area contributed by atoms with Gasteiger partial charge in [-0.05, 0) is 38.5 Å². The van der Waals surface area contributed by atoms with Gasteiger partial charge in [0.15, 0.2) is 5.82 Å². The van der Waals surface area contributed by atoms with E-state index in [-0.39, 0.29) is 6.03 Å². The zero-order valence-electron chi connectivity index (χ0n) is 13.8. The quantitative estimate of drug-likeness (QED) is 0.740. The van der Waals surface area contributed by atoms with Crippen LogP contribution in [0.1, 0.15) is 50.2 Å². The molecule has 0 radical (unpaired) electrons. The molecule has 1 aliphatic heterocycles. The normalized spacial score (nSPS) is 20.9. The molecule has 1 unspecified atom stereocenters. The van der Waals surface area contributed by atoms with Crippen LogP contribution < -0.4 is 5.32 Å². The molecule has 2 aliphatic rings. The van der Waals surface area contributed by atoms with E-state index in [0.29, 0.717) is 25.0 Å². The number of aromatic nitrogens is 2. The third-order valence-electron chi connectivity index (χ3n) is 4.40. The molecule has 1 aromatic rings. The van der Waals surface area contributed by atoms with Gasteiger partial charge < -0.3 is 19.5 Å². The Morgan fingerprint density at radius 2 is 2.30 bits per heavy atom. The summed E-state index contributed by atoms with van der Waals surface area (Å²) in [6.45, 7) is 5.62. The largest absolute Gasteiger partial charge is 0.382 e. The van der Waals surface area contributed by atoms with Gasteiger partial charge in [0.2, 0.25) is 5.89 Å².